The summed E-state index contributed by atoms with van der Waals surface area (Å²) in [7, 11) is 0. The van der Waals surface area contributed by atoms with Crippen LogP contribution in [-0.4, -0.2) is 51.9 Å². The van der Waals surface area contributed by atoms with E-state index in [9.17, 15) is 23.5 Å². The number of aromatic nitrogens is 1. The number of nitrogens with zero attached hydrogens (tertiary/aromatic N) is 2. The summed E-state index contributed by atoms with van der Waals surface area (Å²) in [6.07, 6.45) is 0.795. The van der Waals surface area contributed by atoms with Crippen LogP contribution in [0.15, 0.2) is 48.7 Å². The molecule has 3 aromatic rings. The summed E-state index contributed by atoms with van der Waals surface area (Å²) in [6.45, 7) is 5.02. The lowest BCUT2D eigenvalue weighted by molar-refractivity contribution is 0.0237. The maximum absolute atomic E-state index is 13.5. The number of nitrogens with one attached hydrogen (secondary N) is 2. The van der Waals surface area contributed by atoms with Crippen LogP contribution >= 0.6 is 11.6 Å². The Morgan fingerprint density at radius 1 is 1.14 bits per heavy atom. The quantitative estimate of drug-likeness (QED) is 0.337. The van der Waals surface area contributed by atoms with E-state index >= 15 is 0 Å². The Balaban J connectivity index is 1.65. The molecule has 0 saturated heterocycles. The number of urea groups is 1. The minimum absolute atomic E-state index is 0.0548. The van der Waals surface area contributed by atoms with Gasteiger partial charge in [-0.15, -0.1) is 0 Å². The SMILES string of the molecule is CCN(C(=O)NCc1ccc(F)cc1Cl)[C@H](COC(=O)Nc1cc2cc(F)ccc2cn1)CC(C)(C)O. The fourth-order valence-corrected chi connectivity index (χ4v) is 4.07. The van der Waals surface area contributed by atoms with E-state index in [2.05, 4.69) is 15.6 Å². The Labute approximate surface area is 218 Å². The van der Waals surface area contributed by atoms with Crippen LogP contribution in [0.3, 0.4) is 0 Å². The molecule has 0 aliphatic heterocycles. The predicted octanol–water partition coefficient (Wildman–Crippen LogP) is 5.48. The largest absolute Gasteiger partial charge is 0.447 e. The van der Waals surface area contributed by atoms with Crippen LogP contribution in [0, 0.1) is 11.6 Å². The van der Waals surface area contributed by atoms with Crippen LogP contribution in [0.2, 0.25) is 5.02 Å². The third kappa shape index (κ3) is 8.26. The smallest absolute Gasteiger partial charge is 0.412 e. The highest BCUT2D eigenvalue weighted by Gasteiger charge is 2.29. The van der Waals surface area contributed by atoms with E-state index in [1.165, 1.54) is 41.4 Å². The number of anilines is 1. The number of pyridine rings is 1. The van der Waals surface area contributed by atoms with E-state index in [-0.39, 0.29) is 37.0 Å². The third-order valence-corrected chi connectivity index (χ3v) is 5.90. The Morgan fingerprint density at radius 3 is 2.51 bits per heavy atom. The summed E-state index contributed by atoms with van der Waals surface area (Å²) in [6, 6.07) is 8.47. The molecule has 37 heavy (non-hydrogen) atoms. The molecule has 0 aliphatic rings. The highest BCUT2D eigenvalue weighted by atomic mass is 35.5. The summed E-state index contributed by atoms with van der Waals surface area (Å²) >= 11 is 6.04. The monoisotopic (exact) mass is 534 g/mol. The van der Waals surface area contributed by atoms with E-state index in [1.807, 2.05) is 0 Å². The molecule has 3 rings (SSSR count). The third-order valence-electron chi connectivity index (χ3n) is 5.54. The van der Waals surface area contributed by atoms with Gasteiger partial charge >= 0.3 is 12.1 Å². The van der Waals surface area contributed by atoms with E-state index < -0.39 is 35.4 Å². The number of hydrogen-bond acceptors (Lipinski definition) is 5. The van der Waals surface area contributed by atoms with Crippen molar-refractivity contribution in [3.05, 3.63) is 70.9 Å². The van der Waals surface area contributed by atoms with Gasteiger partial charge in [-0.3, -0.25) is 5.32 Å². The zero-order chi connectivity index (χ0) is 27.2. The fourth-order valence-electron chi connectivity index (χ4n) is 3.83. The summed E-state index contributed by atoms with van der Waals surface area (Å²) in [5.41, 5.74) is -0.632. The minimum Gasteiger partial charge on any atom is -0.447 e. The highest BCUT2D eigenvalue weighted by Crippen LogP contribution is 2.20. The van der Waals surface area contributed by atoms with Crippen LogP contribution in [0.5, 0.6) is 0 Å². The Hall–Kier alpha value is -3.50. The summed E-state index contributed by atoms with van der Waals surface area (Å²) in [5.74, 6) is -0.730. The van der Waals surface area contributed by atoms with Crippen molar-refractivity contribution in [3.8, 4) is 0 Å². The molecule has 0 aliphatic carbocycles. The minimum atomic E-state index is -1.16. The second kappa shape index (κ2) is 12.2. The molecule has 0 saturated carbocycles. The highest BCUT2D eigenvalue weighted by molar-refractivity contribution is 6.31. The van der Waals surface area contributed by atoms with Crippen LogP contribution < -0.4 is 10.6 Å². The first-order valence-electron chi connectivity index (χ1n) is 11.6. The normalized spacial score (nSPS) is 12.2. The summed E-state index contributed by atoms with van der Waals surface area (Å²) < 4.78 is 32.2. The van der Waals surface area contributed by atoms with Crippen molar-refractivity contribution in [2.24, 2.45) is 0 Å². The summed E-state index contributed by atoms with van der Waals surface area (Å²) in [5, 5.41) is 17.1. The van der Waals surface area contributed by atoms with Crippen LogP contribution in [0.4, 0.5) is 24.2 Å². The van der Waals surface area contributed by atoms with E-state index in [4.69, 9.17) is 16.3 Å². The van der Waals surface area contributed by atoms with Gasteiger partial charge in [-0.05, 0) is 74.5 Å². The van der Waals surface area contributed by atoms with Crippen molar-refractivity contribution in [2.45, 2.75) is 45.4 Å². The second-order valence-electron chi connectivity index (χ2n) is 9.14. The second-order valence-corrected chi connectivity index (χ2v) is 9.54. The lowest BCUT2D eigenvalue weighted by atomic mass is 9.98. The number of hydrogen-bond donors (Lipinski definition) is 3. The van der Waals surface area contributed by atoms with Gasteiger partial charge in [0.1, 0.15) is 24.1 Å². The number of carbonyl (C=O) groups excluding carboxylic acids is 2. The lowest BCUT2D eigenvalue weighted by Crippen LogP contribution is -2.50. The molecule has 2 aromatic carbocycles. The molecule has 0 bridgehead atoms. The fraction of sp³-hybridized carbons (Fsp3) is 0.346. The van der Waals surface area contributed by atoms with Crippen LogP contribution in [-0.2, 0) is 11.3 Å². The van der Waals surface area contributed by atoms with Gasteiger partial charge in [0.25, 0.3) is 0 Å². The zero-order valence-electron chi connectivity index (χ0n) is 20.7. The molecule has 0 radical (unpaired) electrons. The number of likely N-dealkylation sites (N-methyl/N-ethyl adjacent to an activating group) is 1. The molecule has 3 amide bonds. The predicted molar refractivity (Wildman–Crippen MR) is 137 cm³/mol. The molecule has 0 fully saturated rings. The van der Waals surface area contributed by atoms with Gasteiger partial charge in [-0.2, -0.15) is 0 Å². The van der Waals surface area contributed by atoms with Crippen molar-refractivity contribution >= 4 is 40.3 Å². The molecule has 1 heterocycles. The number of benzene rings is 2. The van der Waals surface area contributed by atoms with Crippen molar-refractivity contribution < 1.29 is 28.2 Å². The maximum atomic E-state index is 13.5. The van der Waals surface area contributed by atoms with Gasteiger partial charge < -0.3 is 20.1 Å². The number of ether oxygens (including phenoxy) is 1. The number of rotatable bonds is 9. The van der Waals surface area contributed by atoms with Gasteiger partial charge in [0.2, 0.25) is 0 Å². The molecule has 1 atom stereocenters. The molecule has 3 N–H and O–H groups in total. The molecule has 1 aromatic heterocycles. The van der Waals surface area contributed by atoms with E-state index in [0.717, 1.165) is 6.07 Å². The number of aliphatic hydroxyl groups is 1. The molecular weight excluding hydrogens is 506 g/mol. The van der Waals surface area contributed by atoms with Gasteiger partial charge in [0, 0.05) is 29.7 Å². The topological polar surface area (TPSA) is 104 Å². The van der Waals surface area contributed by atoms with Gasteiger partial charge in [-0.1, -0.05) is 17.7 Å². The number of fused-ring (bicyclic) bond motifs is 1. The Bertz CT molecular complexity index is 1270. The van der Waals surface area contributed by atoms with Gasteiger partial charge in [0.15, 0.2) is 0 Å². The Morgan fingerprint density at radius 2 is 1.84 bits per heavy atom. The lowest BCUT2D eigenvalue weighted by Gasteiger charge is -2.34. The van der Waals surface area contributed by atoms with Crippen molar-refractivity contribution in [1.82, 2.24) is 15.2 Å². The van der Waals surface area contributed by atoms with Crippen molar-refractivity contribution in [3.63, 3.8) is 0 Å². The van der Waals surface area contributed by atoms with E-state index in [0.29, 0.717) is 16.3 Å². The molecule has 11 heteroatoms. The van der Waals surface area contributed by atoms with Crippen molar-refractivity contribution in [2.75, 3.05) is 18.5 Å². The first-order valence-corrected chi connectivity index (χ1v) is 12.0. The average molecular weight is 535 g/mol. The first kappa shape index (κ1) is 28.1. The first-order chi connectivity index (χ1) is 17.4. The van der Waals surface area contributed by atoms with Gasteiger partial charge in [-0.25, -0.2) is 23.4 Å². The number of halogens is 3. The van der Waals surface area contributed by atoms with Gasteiger partial charge in [0.05, 0.1) is 11.6 Å². The number of carbonyl (C=O) groups is 2. The molecule has 0 unspecified atom stereocenters. The molecule has 0 spiro atoms. The van der Waals surface area contributed by atoms with E-state index in [1.54, 1.807) is 26.8 Å². The summed E-state index contributed by atoms with van der Waals surface area (Å²) in [4.78, 5) is 31.0. The van der Waals surface area contributed by atoms with Crippen LogP contribution in [0.1, 0.15) is 32.8 Å². The van der Waals surface area contributed by atoms with Crippen LogP contribution in [0.25, 0.3) is 10.8 Å². The average Bonchev–Trinajstić information content (AvgIpc) is 2.81. The number of amides is 3. The Kier molecular flexibility index (Phi) is 9.23. The molecule has 8 nitrogen and oxygen atoms in total. The standard InChI is InChI=1S/C26H29ClF2N4O4/c1-4-33(24(34)31-14-17-6-8-20(29)11-22(17)27)21(12-26(2,3)36)15-37-25(35)32-23-10-18-9-19(28)7-5-16(18)13-30-23/h5-11,13,21,36H,4,12,14-15H2,1-3H3,(H,31,34)(H,30,32,35)/t21-/m0/s1. The zero-order valence-corrected chi connectivity index (χ0v) is 21.5. The molecule has 198 valence electrons. The maximum Gasteiger partial charge on any atom is 0.412 e. The molecular formula is C26H29ClF2N4O4. The van der Waals surface area contributed by atoms with Crippen molar-refractivity contribution in [1.29, 1.82) is 0 Å².